The Kier molecular flexibility index (Phi) is 17.9. The number of benzene rings is 1. The fourth-order valence-corrected chi connectivity index (χ4v) is 8.97. The Morgan fingerprint density at radius 2 is 1.64 bits per heavy atom. The first kappa shape index (κ1) is 47.0. The predicted octanol–water partition coefficient (Wildman–Crippen LogP) is 5.58. The molecule has 0 bridgehead atoms. The molecule has 1 aliphatic heterocycles. The summed E-state index contributed by atoms with van der Waals surface area (Å²) >= 11 is 1.51. The van der Waals surface area contributed by atoms with E-state index in [4.69, 9.17) is 9.47 Å². The van der Waals surface area contributed by atoms with Crippen molar-refractivity contribution in [2.75, 3.05) is 41.9 Å². The lowest BCUT2D eigenvalue weighted by atomic mass is 9.83. The van der Waals surface area contributed by atoms with E-state index in [-0.39, 0.29) is 54.0 Å². The molecule has 1 unspecified atom stereocenters. The van der Waals surface area contributed by atoms with Crippen LogP contribution in [0.25, 0.3) is 0 Å². The third-order valence-corrected chi connectivity index (χ3v) is 12.4. The number of carbonyl (C=O) groups excluding carboxylic acids is 4. The number of carbonyl (C=O) groups is 4. The third kappa shape index (κ3) is 12.1. The van der Waals surface area contributed by atoms with Crippen molar-refractivity contribution >= 4 is 35.0 Å². The molecule has 0 aliphatic carbocycles. The number of likely N-dealkylation sites (N-methyl/N-ethyl adjacent to an activating group) is 2. The van der Waals surface area contributed by atoms with Gasteiger partial charge in [-0.1, -0.05) is 92.1 Å². The Labute approximate surface area is 340 Å². The second-order valence-corrected chi connectivity index (χ2v) is 18.1. The molecular formula is C43H70N6O6S. The Balaban J connectivity index is 1.81. The van der Waals surface area contributed by atoms with E-state index in [1.807, 2.05) is 101 Å². The third-order valence-electron chi connectivity index (χ3n) is 11.5. The largest absolute Gasteiger partial charge is 0.379 e. The highest BCUT2D eigenvalue weighted by Crippen LogP contribution is 2.31. The lowest BCUT2D eigenvalue weighted by Crippen LogP contribution is -2.61. The number of amides is 4. The first-order chi connectivity index (χ1) is 26.4. The van der Waals surface area contributed by atoms with Crippen molar-refractivity contribution in [3.63, 3.8) is 0 Å². The van der Waals surface area contributed by atoms with Crippen molar-refractivity contribution in [3.05, 3.63) is 52.5 Å². The van der Waals surface area contributed by atoms with Crippen LogP contribution in [0.5, 0.6) is 0 Å². The maximum atomic E-state index is 14.5. The minimum absolute atomic E-state index is 0.0188. The first-order valence-electron chi connectivity index (χ1n) is 20.2. The molecule has 1 aromatic heterocycles. The van der Waals surface area contributed by atoms with Crippen LogP contribution >= 0.6 is 11.3 Å². The number of aromatic nitrogens is 1. The molecule has 2 N–H and O–H groups in total. The quantitative estimate of drug-likeness (QED) is 0.178. The van der Waals surface area contributed by atoms with Gasteiger partial charge in [-0.05, 0) is 56.2 Å². The second-order valence-electron chi connectivity index (χ2n) is 17.2. The van der Waals surface area contributed by atoms with Crippen molar-refractivity contribution in [3.8, 4) is 0 Å². The molecule has 0 spiro atoms. The molecule has 3 rings (SSSR count). The number of nitrogens with zero attached hydrogens (tertiary/aromatic N) is 4. The van der Waals surface area contributed by atoms with E-state index in [1.54, 1.807) is 32.4 Å². The highest BCUT2D eigenvalue weighted by Gasteiger charge is 2.44. The smallest absolute Gasteiger partial charge is 0.245 e. The molecule has 0 radical (unpaired) electrons. The minimum Gasteiger partial charge on any atom is -0.379 e. The fourth-order valence-electron chi connectivity index (χ4n) is 8.28. The number of thiazole rings is 1. The maximum Gasteiger partial charge on any atom is 0.245 e. The number of hydrogen-bond donors (Lipinski definition) is 2. The number of likely N-dealkylation sites (tertiary alicyclic amines) is 1. The molecule has 9 atom stereocenters. The zero-order valence-corrected chi connectivity index (χ0v) is 37.0. The number of ether oxygens (including phenoxy) is 2. The summed E-state index contributed by atoms with van der Waals surface area (Å²) in [5.74, 6) is -1.23. The molecule has 1 fully saturated rings. The zero-order chi connectivity index (χ0) is 41.9. The van der Waals surface area contributed by atoms with Crippen LogP contribution in [0.2, 0.25) is 0 Å². The van der Waals surface area contributed by atoms with Crippen molar-refractivity contribution in [2.45, 2.75) is 130 Å². The van der Waals surface area contributed by atoms with E-state index < -0.39 is 41.7 Å². The lowest BCUT2D eigenvalue weighted by molar-refractivity contribution is -0.149. The fraction of sp³-hybridized carbons (Fsp3) is 0.698. The molecule has 1 aromatic carbocycles. The van der Waals surface area contributed by atoms with Gasteiger partial charge in [-0.3, -0.25) is 24.1 Å². The Hall–Kier alpha value is -3.39. The number of methoxy groups -OCH3 is 2. The summed E-state index contributed by atoms with van der Waals surface area (Å²) in [7, 11) is 8.67. The van der Waals surface area contributed by atoms with Crippen LogP contribution in [0.1, 0.15) is 97.7 Å². The average Bonchev–Trinajstić information content (AvgIpc) is 3.86. The van der Waals surface area contributed by atoms with Gasteiger partial charge < -0.3 is 29.9 Å². The molecule has 2 heterocycles. The molecule has 314 valence electrons. The van der Waals surface area contributed by atoms with E-state index in [0.29, 0.717) is 19.4 Å². The summed E-state index contributed by atoms with van der Waals surface area (Å²) in [6.07, 6.45) is 3.45. The van der Waals surface area contributed by atoms with Crippen LogP contribution in [0.4, 0.5) is 0 Å². The average molecular weight is 799 g/mol. The van der Waals surface area contributed by atoms with Crippen LogP contribution in [-0.4, -0.2) is 122 Å². The van der Waals surface area contributed by atoms with E-state index in [0.717, 1.165) is 23.4 Å². The Morgan fingerprint density at radius 3 is 2.16 bits per heavy atom. The SMILES string of the molecule is CC[C@H](C)[C@@H]([C@@H](CC(=O)N1CCC[C@H]1[C@H](OC)[C@@H](C)C(=O)N[C@@H](Cc1ccccc1)c1nccs1)OC)N(C)C(=O)[C@@H](NC(=O)C(C(C)C)N(C)C)C(C)(C)C. The minimum atomic E-state index is -0.804. The van der Waals surface area contributed by atoms with Gasteiger partial charge in [0.2, 0.25) is 23.6 Å². The van der Waals surface area contributed by atoms with Gasteiger partial charge in [-0.25, -0.2) is 4.98 Å². The normalized spacial score (nSPS) is 19.1. The van der Waals surface area contributed by atoms with Crippen LogP contribution < -0.4 is 10.6 Å². The summed E-state index contributed by atoms with van der Waals surface area (Å²) in [5, 5.41) is 9.07. The molecule has 4 amide bonds. The summed E-state index contributed by atoms with van der Waals surface area (Å²) < 4.78 is 12.1. The summed E-state index contributed by atoms with van der Waals surface area (Å²) in [6.45, 7) is 16.3. The maximum absolute atomic E-state index is 14.5. The van der Waals surface area contributed by atoms with Gasteiger partial charge in [-0.2, -0.15) is 0 Å². The van der Waals surface area contributed by atoms with Crippen molar-refractivity contribution in [1.82, 2.24) is 30.3 Å². The molecule has 1 saturated heterocycles. The highest BCUT2D eigenvalue weighted by atomic mass is 32.1. The zero-order valence-electron chi connectivity index (χ0n) is 36.2. The van der Waals surface area contributed by atoms with Crippen molar-refractivity contribution in [2.24, 2.45) is 23.2 Å². The monoisotopic (exact) mass is 799 g/mol. The summed E-state index contributed by atoms with van der Waals surface area (Å²) in [4.78, 5) is 66.3. The topological polar surface area (TPSA) is 133 Å². The number of rotatable bonds is 20. The predicted molar refractivity (Wildman–Crippen MR) is 223 cm³/mol. The van der Waals surface area contributed by atoms with Crippen LogP contribution in [0, 0.1) is 23.2 Å². The van der Waals surface area contributed by atoms with Crippen molar-refractivity contribution < 1.29 is 28.7 Å². The number of nitrogens with one attached hydrogen (secondary N) is 2. The summed E-state index contributed by atoms with van der Waals surface area (Å²) in [6, 6.07) is 7.74. The standard InChI is InChI=1S/C43H70N6O6S/c1-14-28(4)36(48(11)42(53)38(43(6,7)8)46-40(52)35(27(2)3)47(9)10)33(54-12)26-34(50)49-23-18-21-32(49)37(55-13)29(5)39(51)45-31(41-44-22-24-56-41)25-30-19-16-15-17-20-30/h15-17,19-20,22,24,27-29,31-33,35-38H,14,18,21,23,25-26H2,1-13H3,(H,45,51)(H,46,52)/t28-,29+,31-,32-,33+,35?,36-,37+,38+/m0/s1. The van der Waals surface area contributed by atoms with Gasteiger partial charge in [-0.15, -0.1) is 11.3 Å². The molecule has 13 heteroatoms. The van der Waals surface area contributed by atoms with Crippen LogP contribution in [0.3, 0.4) is 0 Å². The summed E-state index contributed by atoms with van der Waals surface area (Å²) in [5.41, 5.74) is 0.505. The Morgan fingerprint density at radius 1 is 0.982 bits per heavy atom. The lowest BCUT2D eigenvalue weighted by Gasteiger charge is -2.42. The molecular weight excluding hydrogens is 729 g/mol. The van der Waals surface area contributed by atoms with Crippen molar-refractivity contribution in [1.29, 1.82) is 0 Å². The highest BCUT2D eigenvalue weighted by molar-refractivity contribution is 7.09. The van der Waals surface area contributed by atoms with Gasteiger partial charge in [0.15, 0.2) is 0 Å². The van der Waals surface area contributed by atoms with E-state index in [9.17, 15) is 19.2 Å². The van der Waals surface area contributed by atoms with Gasteiger partial charge in [0.05, 0.1) is 48.7 Å². The molecule has 0 saturated carbocycles. The van der Waals surface area contributed by atoms with Gasteiger partial charge in [0.25, 0.3) is 0 Å². The molecule has 12 nitrogen and oxygen atoms in total. The van der Waals surface area contributed by atoms with Gasteiger partial charge in [0.1, 0.15) is 11.0 Å². The van der Waals surface area contributed by atoms with E-state index in [1.165, 1.54) is 11.3 Å². The molecule has 56 heavy (non-hydrogen) atoms. The van der Waals surface area contributed by atoms with Crippen LogP contribution in [0.15, 0.2) is 41.9 Å². The van der Waals surface area contributed by atoms with E-state index >= 15 is 0 Å². The van der Waals surface area contributed by atoms with Gasteiger partial charge >= 0.3 is 0 Å². The second kappa shape index (κ2) is 21.4. The first-order valence-corrected chi connectivity index (χ1v) is 21.1. The molecule has 1 aliphatic rings. The van der Waals surface area contributed by atoms with E-state index in [2.05, 4.69) is 29.5 Å². The number of hydrogen-bond acceptors (Lipinski definition) is 9. The van der Waals surface area contributed by atoms with Gasteiger partial charge in [0, 0.05) is 39.4 Å². The molecule has 2 aromatic rings. The Bertz CT molecular complexity index is 1520. The van der Waals surface area contributed by atoms with Crippen LogP contribution in [-0.2, 0) is 35.1 Å².